The van der Waals surface area contributed by atoms with Gasteiger partial charge in [0.05, 0.1) is 4.92 Å². The fourth-order valence-corrected chi connectivity index (χ4v) is 2.13. The molecule has 0 atom stereocenters. The average molecular weight is 330 g/mol. The lowest BCUT2D eigenvalue weighted by Crippen LogP contribution is -2.27. The lowest BCUT2D eigenvalue weighted by molar-refractivity contribution is -0.384. The third-order valence-electron chi connectivity index (χ3n) is 3.24. The second-order valence-electron chi connectivity index (χ2n) is 5.17. The molecule has 0 aliphatic rings. The van der Waals surface area contributed by atoms with E-state index in [0.717, 1.165) is 11.3 Å². The summed E-state index contributed by atoms with van der Waals surface area (Å²) in [5.41, 5.74) is 3.01. The molecular formula is C16H18N4O2S. The number of non-ortho nitro benzene ring substituents is 1. The minimum atomic E-state index is -0.433. The summed E-state index contributed by atoms with van der Waals surface area (Å²) in [5.74, 6) is 0. The molecule has 0 spiro atoms. The molecule has 0 radical (unpaired) electrons. The van der Waals surface area contributed by atoms with E-state index in [9.17, 15) is 10.1 Å². The van der Waals surface area contributed by atoms with Gasteiger partial charge < -0.3 is 15.5 Å². The highest BCUT2D eigenvalue weighted by Gasteiger charge is 2.04. The number of anilines is 2. The SMILES string of the molecule is CN(C)c1ccc(CNC(=S)Nc2ccc([N+](=O)[O-])cc2)cc1. The van der Waals surface area contributed by atoms with Gasteiger partial charge in [-0.2, -0.15) is 0 Å². The van der Waals surface area contributed by atoms with E-state index in [1.807, 2.05) is 43.3 Å². The van der Waals surface area contributed by atoms with Crippen molar-refractivity contribution in [1.82, 2.24) is 5.32 Å². The van der Waals surface area contributed by atoms with Crippen LogP contribution in [0, 0.1) is 10.1 Å². The Kier molecular flexibility index (Phi) is 5.48. The van der Waals surface area contributed by atoms with Crippen LogP contribution < -0.4 is 15.5 Å². The maximum Gasteiger partial charge on any atom is 0.269 e. The zero-order chi connectivity index (χ0) is 16.8. The molecule has 23 heavy (non-hydrogen) atoms. The van der Waals surface area contributed by atoms with Gasteiger partial charge >= 0.3 is 0 Å². The Labute approximate surface area is 140 Å². The first-order valence-corrected chi connectivity index (χ1v) is 7.42. The minimum Gasteiger partial charge on any atom is -0.378 e. The largest absolute Gasteiger partial charge is 0.378 e. The van der Waals surface area contributed by atoms with Crippen molar-refractivity contribution in [2.75, 3.05) is 24.3 Å². The van der Waals surface area contributed by atoms with Crippen molar-refractivity contribution in [2.24, 2.45) is 0 Å². The van der Waals surface area contributed by atoms with Crippen molar-refractivity contribution in [3.8, 4) is 0 Å². The molecule has 0 fully saturated rings. The van der Waals surface area contributed by atoms with Crippen molar-refractivity contribution in [1.29, 1.82) is 0 Å². The Morgan fingerprint density at radius 3 is 2.26 bits per heavy atom. The molecule has 2 rings (SSSR count). The summed E-state index contributed by atoms with van der Waals surface area (Å²) in [5, 5.41) is 17.2. The second kappa shape index (κ2) is 7.55. The van der Waals surface area contributed by atoms with E-state index in [-0.39, 0.29) is 5.69 Å². The maximum atomic E-state index is 10.6. The molecule has 2 aromatic carbocycles. The summed E-state index contributed by atoms with van der Waals surface area (Å²) in [6.45, 7) is 0.604. The summed E-state index contributed by atoms with van der Waals surface area (Å²) in [6, 6.07) is 14.3. The third-order valence-corrected chi connectivity index (χ3v) is 3.49. The van der Waals surface area contributed by atoms with Crippen LogP contribution in [-0.2, 0) is 6.54 Å². The van der Waals surface area contributed by atoms with Crippen LogP contribution >= 0.6 is 12.2 Å². The lowest BCUT2D eigenvalue weighted by atomic mass is 10.2. The molecule has 6 nitrogen and oxygen atoms in total. The summed E-state index contributed by atoms with van der Waals surface area (Å²) in [4.78, 5) is 12.2. The molecule has 0 bridgehead atoms. The van der Waals surface area contributed by atoms with E-state index in [1.165, 1.54) is 12.1 Å². The summed E-state index contributed by atoms with van der Waals surface area (Å²) in [6.07, 6.45) is 0. The van der Waals surface area contributed by atoms with Gasteiger partial charge in [-0.05, 0) is 42.0 Å². The molecule has 0 aliphatic carbocycles. The third kappa shape index (κ3) is 4.93. The minimum absolute atomic E-state index is 0.0513. The predicted molar refractivity (Wildman–Crippen MR) is 96.9 cm³/mol. The zero-order valence-corrected chi connectivity index (χ0v) is 13.8. The molecule has 0 saturated carbocycles. The van der Waals surface area contributed by atoms with E-state index in [2.05, 4.69) is 10.6 Å². The Balaban J connectivity index is 1.86. The number of nitro benzene ring substituents is 1. The Morgan fingerprint density at radius 2 is 1.74 bits per heavy atom. The van der Waals surface area contributed by atoms with Gasteiger partial charge in [0, 0.05) is 44.1 Å². The molecule has 7 heteroatoms. The van der Waals surface area contributed by atoms with Gasteiger partial charge in [0.2, 0.25) is 0 Å². The summed E-state index contributed by atoms with van der Waals surface area (Å²) >= 11 is 5.22. The molecule has 0 unspecified atom stereocenters. The van der Waals surface area contributed by atoms with Crippen LogP contribution in [0.5, 0.6) is 0 Å². The van der Waals surface area contributed by atoms with Crippen LogP contribution in [0.3, 0.4) is 0 Å². The molecule has 0 aliphatic heterocycles. The standard InChI is InChI=1S/C16H18N4O2S/c1-19(2)14-7-3-12(4-8-14)11-17-16(23)18-13-5-9-15(10-6-13)20(21)22/h3-10H,11H2,1-2H3,(H2,17,18,23). The molecular weight excluding hydrogens is 312 g/mol. The fraction of sp³-hybridized carbons (Fsp3) is 0.188. The number of nitrogens with one attached hydrogen (secondary N) is 2. The molecule has 120 valence electrons. The quantitative estimate of drug-likeness (QED) is 0.498. The normalized spacial score (nSPS) is 10.0. The number of rotatable bonds is 5. The second-order valence-corrected chi connectivity index (χ2v) is 5.58. The monoisotopic (exact) mass is 330 g/mol. The van der Waals surface area contributed by atoms with Gasteiger partial charge in [-0.3, -0.25) is 10.1 Å². The summed E-state index contributed by atoms with van der Waals surface area (Å²) < 4.78 is 0. The number of benzene rings is 2. The molecule has 0 saturated heterocycles. The Hall–Kier alpha value is -2.67. The van der Waals surface area contributed by atoms with E-state index in [1.54, 1.807) is 12.1 Å². The number of nitrogens with zero attached hydrogens (tertiary/aromatic N) is 2. The van der Waals surface area contributed by atoms with Crippen LogP contribution in [-0.4, -0.2) is 24.1 Å². The number of thiocarbonyl (C=S) groups is 1. The highest BCUT2D eigenvalue weighted by Crippen LogP contribution is 2.15. The first-order chi connectivity index (χ1) is 11.0. The van der Waals surface area contributed by atoms with Crippen molar-refractivity contribution in [3.05, 3.63) is 64.2 Å². The van der Waals surface area contributed by atoms with Gasteiger partial charge in [0.25, 0.3) is 5.69 Å². The molecule has 0 aromatic heterocycles. The van der Waals surface area contributed by atoms with Crippen LogP contribution in [0.2, 0.25) is 0 Å². The van der Waals surface area contributed by atoms with Gasteiger partial charge in [-0.1, -0.05) is 12.1 Å². The maximum absolute atomic E-state index is 10.6. The van der Waals surface area contributed by atoms with Crippen LogP contribution in [0.15, 0.2) is 48.5 Å². The number of hydrogen-bond acceptors (Lipinski definition) is 4. The number of nitro groups is 1. The highest BCUT2D eigenvalue weighted by atomic mass is 32.1. The van der Waals surface area contributed by atoms with Crippen molar-refractivity contribution >= 4 is 34.4 Å². The van der Waals surface area contributed by atoms with E-state index < -0.39 is 4.92 Å². The van der Waals surface area contributed by atoms with Gasteiger partial charge in [-0.15, -0.1) is 0 Å². The Morgan fingerprint density at radius 1 is 1.13 bits per heavy atom. The first kappa shape index (κ1) is 16.7. The lowest BCUT2D eigenvalue weighted by Gasteiger charge is -2.14. The van der Waals surface area contributed by atoms with Gasteiger partial charge in [0.15, 0.2) is 5.11 Å². The van der Waals surface area contributed by atoms with Gasteiger partial charge in [0.1, 0.15) is 0 Å². The number of hydrogen-bond donors (Lipinski definition) is 2. The van der Waals surface area contributed by atoms with Gasteiger partial charge in [-0.25, -0.2) is 0 Å². The average Bonchev–Trinajstić information content (AvgIpc) is 2.54. The molecule has 0 heterocycles. The first-order valence-electron chi connectivity index (χ1n) is 7.01. The molecule has 2 aromatic rings. The highest BCUT2D eigenvalue weighted by molar-refractivity contribution is 7.80. The van der Waals surface area contributed by atoms with E-state index in [4.69, 9.17) is 12.2 Å². The fourth-order valence-electron chi connectivity index (χ4n) is 1.94. The zero-order valence-electron chi connectivity index (χ0n) is 12.9. The van der Waals surface area contributed by atoms with Crippen LogP contribution in [0.4, 0.5) is 17.1 Å². The molecule has 2 N–H and O–H groups in total. The van der Waals surface area contributed by atoms with Crippen molar-refractivity contribution in [3.63, 3.8) is 0 Å². The topological polar surface area (TPSA) is 70.4 Å². The predicted octanol–water partition coefficient (Wildman–Crippen LogP) is 3.15. The molecule has 0 amide bonds. The van der Waals surface area contributed by atoms with Crippen LogP contribution in [0.25, 0.3) is 0 Å². The van der Waals surface area contributed by atoms with E-state index >= 15 is 0 Å². The van der Waals surface area contributed by atoms with Crippen molar-refractivity contribution < 1.29 is 4.92 Å². The van der Waals surface area contributed by atoms with Crippen molar-refractivity contribution in [2.45, 2.75) is 6.54 Å². The summed E-state index contributed by atoms with van der Waals surface area (Å²) in [7, 11) is 3.99. The smallest absolute Gasteiger partial charge is 0.269 e. The van der Waals surface area contributed by atoms with E-state index in [0.29, 0.717) is 17.3 Å². The van der Waals surface area contributed by atoms with Crippen LogP contribution in [0.1, 0.15) is 5.56 Å². The Bertz CT molecular complexity index is 684.